The fourth-order valence-electron chi connectivity index (χ4n) is 2.55. The Morgan fingerprint density at radius 1 is 1.12 bits per heavy atom. The number of hydrogen-bond donors (Lipinski definition) is 1. The summed E-state index contributed by atoms with van der Waals surface area (Å²) >= 11 is 6.02. The van der Waals surface area contributed by atoms with E-state index in [1.165, 1.54) is 11.8 Å². The summed E-state index contributed by atoms with van der Waals surface area (Å²) in [5, 5.41) is 0.521. The molecule has 134 valence electrons. The fourth-order valence-corrected chi connectivity index (χ4v) is 3.98. The molecular weight excluding hydrogens is 360 g/mol. The molecule has 0 aromatic heterocycles. The molecule has 7 heteroatoms. The van der Waals surface area contributed by atoms with Gasteiger partial charge in [-0.15, -0.1) is 0 Å². The molecule has 0 saturated carbocycles. The maximum absolute atomic E-state index is 12.4. The number of amides is 1. The molecule has 2 aromatic carbocycles. The third-order valence-corrected chi connectivity index (χ3v) is 5.71. The SMILES string of the molecule is CC(=O)N(CCNS(=O)(=O)c1ccccc1C)c1cc(Cl)ccc1C. The van der Waals surface area contributed by atoms with E-state index in [0.29, 0.717) is 16.3 Å². The van der Waals surface area contributed by atoms with Crippen LogP contribution in [-0.4, -0.2) is 27.4 Å². The van der Waals surface area contributed by atoms with Crippen molar-refractivity contribution in [2.75, 3.05) is 18.0 Å². The lowest BCUT2D eigenvalue weighted by molar-refractivity contribution is -0.116. The van der Waals surface area contributed by atoms with Crippen molar-refractivity contribution in [3.63, 3.8) is 0 Å². The van der Waals surface area contributed by atoms with E-state index < -0.39 is 10.0 Å². The smallest absolute Gasteiger partial charge is 0.240 e. The van der Waals surface area contributed by atoms with Crippen LogP contribution < -0.4 is 9.62 Å². The first-order valence-corrected chi connectivity index (χ1v) is 9.68. The van der Waals surface area contributed by atoms with Gasteiger partial charge in [0.25, 0.3) is 0 Å². The van der Waals surface area contributed by atoms with Crippen LogP contribution in [0, 0.1) is 13.8 Å². The zero-order valence-electron chi connectivity index (χ0n) is 14.4. The number of carbonyl (C=O) groups excluding carboxylic acids is 1. The Labute approximate surface area is 153 Å². The Morgan fingerprint density at radius 3 is 2.44 bits per heavy atom. The molecule has 0 atom stereocenters. The molecule has 0 unspecified atom stereocenters. The van der Waals surface area contributed by atoms with Crippen molar-refractivity contribution in [3.8, 4) is 0 Å². The van der Waals surface area contributed by atoms with Gasteiger partial charge in [0.2, 0.25) is 15.9 Å². The lowest BCUT2D eigenvalue weighted by Gasteiger charge is -2.23. The first kappa shape index (κ1) is 19.4. The van der Waals surface area contributed by atoms with Gasteiger partial charge in [-0.2, -0.15) is 0 Å². The molecule has 0 spiro atoms. The topological polar surface area (TPSA) is 66.5 Å². The molecule has 25 heavy (non-hydrogen) atoms. The molecule has 2 rings (SSSR count). The zero-order valence-corrected chi connectivity index (χ0v) is 16.0. The van der Waals surface area contributed by atoms with Gasteiger partial charge in [0.05, 0.1) is 4.90 Å². The Morgan fingerprint density at radius 2 is 1.80 bits per heavy atom. The number of hydrogen-bond acceptors (Lipinski definition) is 3. The average molecular weight is 381 g/mol. The maximum Gasteiger partial charge on any atom is 0.240 e. The van der Waals surface area contributed by atoms with Gasteiger partial charge in [0.1, 0.15) is 0 Å². The van der Waals surface area contributed by atoms with E-state index >= 15 is 0 Å². The largest absolute Gasteiger partial charge is 0.311 e. The summed E-state index contributed by atoms with van der Waals surface area (Å²) < 4.78 is 27.4. The summed E-state index contributed by atoms with van der Waals surface area (Å²) in [6, 6.07) is 12.0. The van der Waals surface area contributed by atoms with E-state index in [2.05, 4.69) is 4.72 Å². The molecule has 0 radical (unpaired) electrons. The molecule has 2 aromatic rings. The number of carbonyl (C=O) groups is 1. The number of halogens is 1. The number of benzene rings is 2. The Bertz CT molecular complexity index is 882. The average Bonchev–Trinajstić information content (AvgIpc) is 2.54. The minimum atomic E-state index is -3.63. The molecule has 0 fully saturated rings. The second-order valence-corrected chi connectivity index (χ2v) is 7.94. The summed E-state index contributed by atoms with van der Waals surface area (Å²) in [5.74, 6) is -0.180. The standard InChI is InChI=1S/C18H21ClN2O3S/c1-13-8-9-16(19)12-17(13)21(15(3)22)11-10-20-25(23,24)18-7-5-4-6-14(18)2/h4-9,12,20H,10-11H2,1-3H3. The van der Waals surface area contributed by atoms with Crippen molar-refractivity contribution < 1.29 is 13.2 Å². The maximum atomic E-state index is 12.4. The van der Waals surface area contributed by atoms with Crippen LogP contribution in [0.25, 0.3) is 0 Å². The summed E-state index contributed by atoms with van der Waals surface area (Å²) in [6.45, 7) is 5.37. The van der Waals surface area contributed by atoms with Gasteiger partial charge in [-0.25, -0.2) is 13.1 Å². The fraction of sp³-hybridized carbons (Fsp3) is 0.278. The van der Waals surface area contributed by atoms with E-state index in [-0.39, 0.29) is 23.9 Å². The highest BCUT2D eigenvalue weighted by Gasteiger charge is 2.18. The van der Waals surface area contributed by atoms with E-state index in [0.717, 1.165) is 5.56 Å². The first-order chi connectivity index (χ1) is 11.7. The third kappa shape index (κ3) is 4.81. The van der Waals surface area contributed by atoms with Gasteiger partial charge in [0, 0.05) is 30.7 Å². The second kappa shape index (κ2) is 7.99. The highest BCUT2D eigenvalue weighted by atomic mass is 35.5. The number of anilines is 1. The van der Waals surface area contributed by atoms with Crippen LogP contribution in [0.5, 0.6) is 0 Å². The highest BCUT2D eigenvalue weighted by molar-refractivity contribution is 7.89. The number of aryl methyl sites for hydroxylation is 2. The van der Waals surface area contributed by atoms with Crippen LogP contribution in [0.1, 0.15) is 18.1 Å². The summed E-state index contributed by atoms with van der Waals surface area (Å²) in [4.78, 5) is 13.7. The molecule has 0 aliphatic carbocycles. The van der Waals surface area contributed by atoms with Crippen molar-refractivity contribution >= 4 is 33.2 Å². The molecule has 1 amide bonds. The molecule has 0 aliphatic heterocycles. The molecule has 0 saturated heterocycles. The van der Waals surface area contributed by atoms with Crippen molar-refractivity contribution in [3.05, 3.63) is 58.6 Å². The molecule has 1 N–H and O–H groups in total. The minimum absolute atomic E-state index is 0.0994. The van der Waals surface area contributed by atoms with Crippen LogP contribution in [0.3, 0.4) is 0 Å². The summed E-state index contributed by atoms with van der Waals surface area (Å²) in [6.07, 6.45) is 0. The number of nitrogens with zero attached hydrogens (tertiary/aromatic N) is 1. The van der Waals surface area contributed by atoms with Crippen LogP contribution >= 0.6 is 11.6 Å². The Hall–Kier alpha value is -1.89. The first-order valence-electron chi connectivity index (χ1n) is 7.82. The van der Waals surface area contributed by atoms with Gasteiger partial charge >= 0.3 is 0 Å². The van der Waals surface area contributed by atoms with Gasteiger partial charge in [-0.05, 0) is 43.2 Å². The van der Waals surface area contributed by atoms with Crippen LogP contribution in [0.15, 0.2) is 47.4 Å². The van der Waals surface area contributed by atoms with Crippen molar-refractivity contribution in [1.29, 1.82) is 0 Å². The van der Waals surface area contributed by atoms with Crippen molar-refractivity contribution in [2.24, 2.45) is 0 Å². The summed E-state index contributed by atoms with van der Waals surface area (Å²) in [5.41, 5.74) is 2.24. The molecule has 5 nitrogen and oxygen atoms in total. The predicted molar refractivity (Wildman–Crippen MR) is 101 cm³/mol. The minimum Gasteiger partial charge on any atom is -0.311 e. The highest BCUT2D eigenvalue weighted by Crippen LogP contribution is 2.24. The van der Waals surface area contributed by atoms with E-state index in [4.69, 9.17) is 11.6 Å². The molecular formula is C18H21ClN2O3S. The number of nitrogens with one attached hydrogen (secondary N) is 1. The summed E-state index contributed by atoms with van der Waals surface area (Å²) in [7, 11) is -3.63. The molecule has 0 aliphatic rings. The number of sulfonamides is 1. The Balaban J connectivity index is 2.14. The normalized spacial score (nSPS) is 11.4. The van der Waals surface area contributed by atoms with Crippen LogP contribution in [0.2, 0.25) is 5.02 Å². The number of rotatable bonds is 6. The lowest BCUT2D eigenvalue weighted by atomic mass is 10.2. The van der Waals surface area contributed by atoms with Crippen molar-refractivity contribution in [1.82, 2.24) is 4.72 Å². The van der Waals surface area contributed by atoms with E-state index in [1.807, 2.05) is 13.0 Å². The third-order valence-electron chi connectivity index (χ3n) is 3.85. The van der Waals surface area contributed by atoms with Gasteiger partial charge < -0.3 is 4.90 Å². The quantitative estimate of drug-likeness (QED) is 0.836. The second-order valence-electron chi connectivity index (χ2n) is 5.76. The van der Waals surface area contributed by atoms with Gasteiger partial charge in [-0.3, -0.25) is 4.79 Å². The van der Waals surface area contributed by atoms with Gasteiger partial charge in [-0.1, -0.05) is 35.9 Å². The van der Waals surface area contributed by atoms with E-state index in [9.17, 15) is 13.2 Å². The van der Waals surface area contributed by atoms with E-state index in [1.54, 1.807) is 43.3 Å². The Kier molecular flexibility index (Phi) is 6.21. The lowest BCUT2D eigenvalue weighted by Crippen LogP contribution is -2.38. The zero-order chi connectivity index (χ0) is 18.6. The van der Waals surface area contributed by atoms with Crippen molar-refractivity contribution in [2.45, 2.75) is 25.7 Å². The molecule has 0 heterocycles. The predicted octanol–water partition coefficient (Wildman–Crippen LogP) is 3.29. The van der Waals surface area contributed by atoms with Crippen LogP contribution in [-0.2, 0) is 14.8 Å². The monoisotopic (exact) mass is 380 g/mol. The molecule has 0 bridgehead atoms. The van der Waals surface area contributed by atoms with Gasteiger partial charge in [0.15, 0.2) is 0 Å². The van der Waals surface area contributed by atoms with Crippen LogP contribution in [0.4, 0.5) is 5.69 Å².